The monoisotopic (exact) mass is 233 g/mol. The summed E-state index contributed by atoms with van der Waals surface area (Å²) in [5.74, 6) is 0.298. The molecule has 3 nitrogen and oxygen atoms in total. The minimum atomic E-state index is -0.643. The summed E-state index contributed by atoms with van der Waals surface area (Å²) >= 11 is 0. The average Bonchev–Trinajstić information content (AvgIpc) is 2.62. The summed E-state index contributed by atoms with van der Waals surface area (Å²) in [5.41, 5.74) is 0.215. The SMILES string of the molecule is Oc1ccccc1CC1(O)CC2CCC(C1)N2. The molecule has 2 saturated heterocycles. The van der Waals surface area contributed by atoms with E-state index in [9.17, 15) is 10.2 Å². The van der Waals surface area contributed by atoms with Gasteiger partial charge in [0, 0.05) is 18.5 Å². The van der Waals surface area contributed by atoms with E-state index >= 15 is 0 Å². The first-order chi connectivity index (χ1) is 8.15. The van der Waals surface area contributed by atoms with E-state index in [0.717, 1.165) is 18.4 Å². The van der Waals surface area contributed by atoms with Crippen molar-refractivity contribution in [3.63, 3.8) is 0 Å². The van der Waals surface area contributed by atoms with Crippen molar-refractivity contribution < 1.29 is 10.2 Å². The van der Waals surface area contributed by atoms with Crippen LogP contribution < -0.4 is 5.32 Å². The third-order valence-corrected chi connectivity index (χ3v) is 4.10. The van der Waals surface area contributed by atoms with Crippen molar-refractivity contribution in [3.8, 4) is 5.75 Å². The van der Waals surface area contributed by atoms with Gasteiger partial charge in [0.1, 0.15) is 5.75 Å². The maximum atomic E-state index is 10.7. The van der Waals surface area contributed by atoms with Gasteiger partial charge < -0.3 is 15.5 Å². The summed E-state index contributed by atoms with van der Waals surface area (Å²) in [4.78, 5) is 0. The predicted octanol–water partition coefficient (Wildman–Crippen LogP) is 1.58. The molecule has 1 aromatic carbocycles. The zero-order valence-electron chi connectivity index (χ0n) is 9.89. The molecule has 0 aromatic heterocycles. The molecule has 0 saturated carbocycles. The van der Waals surface area contributed by atoms with E-state index in [4.69, 9.17) is 0 Å². The zero-order chi connectivity index (χ0) is 11.9. The molecule has 0 radical (unpaired) electrons. The molecule has 2 fully saturated rings. The van der Waals surface area contributed by atoms with Crippen molar-refractivity contribution in [3.05, 3.63) is 29.8 Å². The number of aromatic hydroxyl groups is 1. The van der Waals surface area contributed by atoms with Crippen LogP contribution in [-0.4, -0.2) is 27.9 Å². The molecule has 2 bridgehead atoms. The number of nitrogens with one attached hydrogen (secondary N) is 1. The maximum absolute atomic E-state index is 10.7. The minimum Gasteiger partial charge on any atom is -0.508 e. The van der Waals surface area contributed by atoms with Gasteiger partial charge in [-0.2, -0.15) is 0 Å². The molecule has 3 N–H and O–H groups in total. The average molecular weight is 233 g/mol. The van der Waals surface area contributed by atoms with E-state index in [0.29, 0.717) is 24.3 Å². The normalized spacial score (nSPS) is 36.1. The van der Waals surface area contributed by atoms with E-state index in [1.807, 2.05) is 18.2 Å². The van der Waals surface area contributed by atoms with Crippen LogP contribution in [0.15, 0.2) is 24.3 Å². The van der Waals surface area contributed by atoms with E-state index in [-0.39, 0.29) is 0 Å². The Labute approximate surface area is 101 Å². The van der Waals surface area contributed by atoms with Crippen molar-refractivity contribution in [2.75, 3.05) is 0 Å². The molecule has 0 amide bonds. The molecule has 3 heteroatoms. The highest BCUT2D eigenvalue weighted by Crippen LogP contribution is 2.37. The summed E-state index contributed by atoms with van der Waals surface area (Å²) in [6, 6.07) is 8.24. The first-order valence-corrected chi connectivity index (χ1v) is 6.40. The number of para-hydroxylation sites is 1. The Hall–Kier alpha value is -1.06. The van der Waals surface area contributed by atoms with Gasteiger partial charge in [0.25, 0.3) is 0 Å². The Bertz CT molecular complexity index is 406. The highest BCUT2D eigenvalue weighted by atomic mass is 16.3. The second kappa shape index (κ2) is 4.00. The van der Waals surface area contributed by atoms with Crippen molar-refractivity contribution >= 4 is 0 Å². The van der Waals surface area contributed by atoms with Crippen LogP contribution in [0.3, 0.4) is 0 Å². The Morgan fingerprint density at radius 3 is 2.47 bits per heavy atom. The second-order valence-electron chi connectivity index (χ2n) is 5.58. The quantitative estimate of drug-likeness (QED) is 0.727. The first kappa shape index (κ1) is 11.1. The Balaban J connectivity index is 1.78. The summed E-state index contributed by atoms with van der Waals surface area (Å²) in [7, 11) is 0. The maximum Gasteiger partial charge on any atom is 0.118 e. The number of phenolic OH excluding ortho intramolecular Hbond substituents is 1. The molecular weight excluding hydrogens is 214 g/mol. The molecule has 2 aliphatic rings. The number of aliphatic hydroxyl groups is 1. The largest absolute Gasteiger partial charge is 0.508 e. The molecule has 1 aromatic rings. The highest BCUT2D eigenvalue weighted by molar-refractivity contribution is 5.33. The van der Waals surface area contributed by atoms with E-state index in [1.165, 1.54) is 12.8 Å². The van der Waals surface area contributed by atoms with Gasteiger partial charge in [-0.25, -0.2) is 0 Å². The van der Waals surface area contributed by atoms with E-state index < -0.39 is 5.60 Å². The van der Waals surface area contributed by atoms with Crippen LogP contribution >= 0.6 is 0 Å². The lowest BCUT2D eigenvalue weighted by Gasteiger charge is -2.37. The van der Waals surface area contributed by atoms with Crippen LogP contribution in [0.2, 0.25) is 0 Å². The van der Waals surface area contributed by atoms with Gasteiger partial charge >= 0.3 is 0 Å². The molecule has 92 valence electrons. The lowest BCUT2D eigenvalue weighted by Crippen LogP contribution is -2.49. The highest BCUT2D eigenvalue weighted by Gasteiger charge is 2.42. The molecule has 0 spiro atoms. The zero-order valence-corrected chi connectivity index (χ0v) is 9.89. The van der Waals surface area contributed by atoms with E-state index in [1.54, 1.807) is 6.07 Å². The fourth-order valence-electron chi connectivity index (χ4n) is 3.38. The van der Waals surface area contributed by atoms with Crippen LogP contribution in [0.1, 0.15) is 31.2 Å². The number of benzene rings is 1. The standard InChI is InChI=1S/C14H19NO2/c16-13-4-2-1-3-10(13)7-14(17)8-11-5-6-12(9-14)15-11/h1-4,11-12,15-17H,5-9H2. The van der Waals surface area contributed by atoms with Gasteiger partial charge in [-0.05, 0) is 37.3 Å². The number of phenols is 1. The minimum absolute atomic E-state index is 0.298. The van der Waals surface area contributed by atoms with Gasteiger partial charge in [0.15, 0.2) is 0 Å². The summed E-state index contributed by atoms with van der Waals surface area (Å²) in [6.07, 6.45) is 4.52. The molecular formula is C14H19NO2. The van der Waals surface area contributed by atoms with Crippen LogP contribution in [0.25, 0.3) is 0 Å². The van der Waals surface area contributed by atoms with Gasteiger partial charge in [-0.1, -0.05) is 18.2 Å². The number of hydrogen-bond acceptors (Lipinski definition) is 3. The summed E-state index contributed by atoms with van der Waals surface area (Å²) in [5, 5.41) is 24.0. The van der Waals surface area contributed by atoms with Gasteiger partial charge in [0.05, 0.1) is 5.60 Å². The van der Waals surface area contributed by atoms with Crippen molar-refractivity contribution in [2.24, 2.45) is 0 Å². The van der Waals surface area contributed by atoms with E-state index in [2.05, 4.69) is 5.32 Å². The molecule has 17 heavy (non-hydrogen) atoms. The third kappa shape index (κ3) is 2.17. The molecule has 3 rings (SSSR count). The Kier molecular flexibility index (Phi) is 2.60. The van der Waals surface area contributed by atoms with Gasteiger partial charge in [-0.3, -0.25) is 0 Å². The van der Waals surface area contributed by atoms with Crippen LogP contribution in [0.5, 0.6) is 5.75 Å². The molecule has 2 aliphatic heterocycles. The van der Waals surface area contributed by atoms with Gasteiger partial charge in [0.2, 0.25) is 0 Å². The van der Waals surface area contributed by atoms with Crippen molar-refractivity contribution in [2.45, 2.75) is 49.8 Å². The van der Waals surface area contributed by atoms with Crippen LogP contribution in [0.4, 0.5) is 0 Å². The second-order valence-corrected chi connectivity index (χ2v) is 5.58. The number of rotatable bonds is 2. The lowest BCUT2D eigenvalue weighted by atomic mass is 9.82. The molecule has 2 unspecified atom stereocenters. The predicted molar refractivity (Wildman–Crippen MR) is 65.9 cm³/mol. The van der Waals surface area contributed by atoms with Crippen molar-refractivity contribution in [1.29, 1.82) is 0 Å². The smallest absolute Gasteiger partial charge is 0.118 e. The molecule has 2 atom stereocenters. The first-order valence-electron chi connectivity index (χ1n) is 6.40. The fraction of sp³-hybridized carbons (Fsp3) is 0.571. The van der Waals surface area contributed by atoms with Crippen LogP contribution in [-0.2, 0) is 6.42 Å². The van der Waals surface area contributed by atoms with Crippen LogP contribution in [0, 0.1) is 0 Å². The number of piperidine rings is 1. The third-order valence-electron chi connectivity index (χ3n) is 4.10. The summed E-state index contributed by atoms with van der Waals surface area (Å²) < 4.78 is 0. The Morgan fingerprint density at radius 1 is 1.18 bits per heavy atom. The van der Waals surface area contributed by atoms with Gasteiger partial charge in [-0.15, -0.1) is 0 Å². The Morgan fingerprint density at radius 2 is 1.82 bits per heavy atom. The fourth-order valence-corrected chi connectivity index (χ4v) is 3.38. The number of fused-ring (bicyclic) bond motifs is 2. The van der Waals surface area contributed by atoms with Crippen molar-refractivity contribution in [1.82, 2.24) is 5.32 Å². The topological polar surface area (TPSA) is 52.5 Å². The molecule has 0 aliphatic carbocycles. The molecule has 2 heterocycles. The lowest BCUT2D eigenvalue weighted by molar-refractivity contribution is -0.00650. The summed E-state index contributed by atoms with van der Waals surface area (Å²) in [6.45, 7) is 0. The number of hydrogen-bond donors (Lipinski definition) is 3.